The lowest BCUT2D eigenvalue weighted by Crippen LogP contribution is -2.24. The summed E-state index contributed by atoms with van der Waals surface area (Å²) in [5.74, 6) is 0.596. The molecule has 0 spiro atoms. The number of para-hydroxylation sites is 1. The lowest BCUT2D eigenvalue weighted by Gasteiger charge is -2.16. The van der Waals surface area contributed by atoms with Gasteiger partial charge in [0.2, 0.25) is 5.91 Å². The number of nitrogens with one attached hydrogen (secondary N) is 1. The molecular formula is C24H23N3O2. The number of amides is 2. The van der Waals surface area contributed by atoms with Gasteiger partial charge in [-0.2, -0.15) is 0 Å². The van der Waals surface area contributed by atoms with Crippen molar-refractivity contribution in [2.45, 2.75) is 38.1 Å². The number of rotatable bonds is 5. The smallest absolute Gasteiger partial charge is 0.252 e. The number of nitrogens with zero attached hydrogens (tertiary/aromatic N) is 2. The molecule has 1 aromatic heterocycles. The van der Waals surface area contributed by atoms with Crippen LogP contribution in [0.5, 0.6) is 0 Å². The molecule has 0 atom stereocenters. The van der Waals surface area contributed by atoms with Crippen molar-refractivity contribution in [2.75, 3.05) is 11.4 Å². The highest BCUT2D eigenvalue weighted by Gasteiger charge is 2.27. The van der Waals surface area contributed by atoms with E-state index in [-0.39, 0.29) is 11.8 Å². The maximum atomic E-state index is 13.0. The average molecular weight is 385 g/mol. The van der Waals surface area contributed by atoms with Gasteiger partial charge in [-0.3, -0.25) is 14.6 Å². The Balaban J connectivity index is 1.32. The van der Waals surface area contributed by atoms with Gasteiger partial charge in [-0.15, -0.1) is 0 Å². The van der Waals surface area contributed by atoms with Crippen LogP contribution in [0.25, 0.3) is 10.9 Å². The largest absolute Gasteiger partial charge is 0.348 e. The van der Waals surface area contributed by atoms with Crippen LogP contribution in [0, 0.1) is 0 Å². The van der Waals surface area contributed by atoms with Crippen molar-refractivity contribution in [1.82, 2.24) is 10.3 Å². The van der Waals surface area contributed by atoms with E-state index in [9.17, 15) is 9.59 Å². The highest BCUT2D eigenvalue weighted by Crippen LogP contribution is 2.40. The third kappa shape index (κ3) is 3.60. The average Bonchev–Trinajstić information content (AvgIpc) is 3.52. The summed E-state index contributed by atoms with van der Waals surface area (Å²) in [7, 11) is 0. The first kappa shape index (κ1) is 17.9. The normalized spacial score (nSPS) is 16.4. The molecule has 2 amide bonds. The molecular weight excluding hydrogens is 362 g/mol. The number of carbonyl (C=O) groups is 2. The summed E-state index contributed by atoms with van der Waals surface area (Å²) in [5, 5.41) is 3.93. The predicted octanol–water partition coefficient (Wildman–Crippen LogP) is 4.17. The minimum Gasteiger partial charge on any atom is -0.348 e. The van der Waals surface area contributed by atoms with Crippen molar-refractivity contribution >= 4 is 28.4 Å². The van der Waals surface area contributed by atoms with Crippen LogP contribution in [-0.2, 0) is 11.3 Å². The highest BCUT2D eigenvalue weighted by atomic mass is 16.2. The highest BCUT2D eigenvalue weighted by molar-refractivity contribution is 6.06. The number of hydrogen-bond acceptors (Lipinski definition) is 3. The van der Waals surface area contributed by atoms with Gasteiger partial charge in [0.25, 0.3) is 5.91 Å². The summed E-state index contributed by atoms with van der Waals surface area (Å²) in [6.07, 6.45) is 3.84. The van der Waals surface area contributed by atoms with E-state index < -0.39 is 0 Å². The number of hydrogen-bond donors (Lipinski definition) is 1. The van der Waals surface area contributed by atoms with E-state index in [4.69, 9.17) is 4.98 Å². The molecule has 2 aliphatic rings. The van der Waals surface area contributed by atoms with Crippen molar-refractivity contribution in [3.63, 3.8) is 0 Å². The summed E-state index contributed by atoms with van der Waals surface area (Å²) in [4.78, 5) is 31.4. The predicted molar refractivity (Wildman–Crippen MR) is 113 cm³/mol. The molecule has 5 rings (SSSR count). The second-order valence-electron chi connectivity index (χ2n) is 7.88. The van der Waals surface area contributed by atoms with Crippen LogP contribution in [0.15, 0.2) is 54.6 Å². The van der Waals surface area contributed by atoms with E-state index in [1.165, 1.54) is 0 Å². The first-order chi connectivity index (χ1) is 14.2. The van der Waals surface area contributed by atoms with Gasteiger partial charge >= 0.3 is 0 Å². The van der Waals surface area contributed by atoms with Crippen molar-refractivity contribution in [3.8, 4) is 0 Å². The summed E-state index contributed by atoms with van der Waals surface area (Å²) in [5.41, 5.74) is 4.53. The number of fused-ring (bicyclic) bond motifs is 1. The van der Waals surface area contributed by atoms with Crippen LogP contribution in [0.3, 0.4) is 0 Å². The summed E-state index contributed by atoms with van der Waals surface area (Å²) in [6.45, 7) is 1.23. The van der Waals surface area contributed by atoms with E-state index in [1.54, 1.807) is 0 Å². The SMILES string of the molecule is O=C(NCc1ccc(N2CCCC2=O)cc1)c1cc(C2CC2)nc2ccccc12. The Bertz CT molecular complexity index is 1090. The Morgan fingerprint density at radius 1 is 1.10 bits per heavy atom. The molecule has 1 N–H and O–H groups in total. The molecule has 1 aliphatic heterocycles. The Hall–Kier alpha value is -3.21. The molecule has 2 heterocycles. The first-order valence-corrected chi connectivity index (χ1v) is 10.3. The third-order valence-electron chi connectivity index (χ3n) is 5.75. The first-order valence-electron chi connectivity index (χ1n) is 10.3. The zero-order valence-corrected chi connectivity index (χ0v) is 16.2. The Morgan fingerprint density at radius 2 is 1.90 bits per heavy atom. The second kappa shape index (κ2) is 7.32. The molecule has 29 heavy (non-hydrogen) atoms. The molecule has 5 nitrogen and oxygen atoms in total. The number of pyridine rings is 1. The number of benzene rings is 2. The Labute approximate surface area is 169 Å². The molecule has 1 saturated heterocycles. The summed E-state index contributed by atoms with van der Waals surface area (Å²) < 4.78 is 0. The lowest BCUT2D eigenvalue weighted by molar-refractivity contribution is -0.117. The summed E-state index contributed by atoms with van der Waals surface area (Å²) in [6, 6.07) is 17.6. The zero-order valence-electron chi connectivity index (χ0n) is 16.2. The fourth-order valence-electron chi connectivity index (χ4n) is 3.96. The second-order valence-corrected chi connectivity index (χ2v) is 7.88. The monoisotopic (exact) mass is 385 g/mol. The minimum atomic E-state index is -0.0794. The van der Waals surface area contributed by atoms with Gasteiger partial charge in [0.05, 0.1) is 11.1 Å². The molecule has 0 radical (unpaired) electrons. The number of carbonyl (C=O) groups excluding carboxylic acids is 2. The molecule has 3 aromatic rings. The molecule has 1 aliphatic carbocycles. The maximum absolute atomic E-state index is 13.0. The van der Waals surface area contributed by atoms with Crippen LogP contribution < -0.4 is 10.2 Å². The van der Waals surface area contributed by atoms with Crippen LogP contribution in [-0.4, -0.2) is 23.3 Å². The quantitative estimate of drug-likeness (QED) is 0.717. The number of aromatic nitrogens is 1. The van der Waals surface area contributed by atoms with Gasteiger partial charge in [-0.25, -0.2) is 0 Å². The lowest BCUT2D eigenvalue weighted by atomic mass is 10.1. The van der Waals surface area contributed by atoms with E-state index >= 15 is 0 Å². The van der Waals surface area contributed by atoms with E-state index in [1.807, 2.05) is 59.5 Å². The molecule has 2 fully saturated rings. The third-order valence-corrected chi connectivity index (χ3v) is 5.75. The van der Waals surface area contributed by atoms with E-state index in [0.717, 1.165) is 53.7 Å². The summed E-state index contributed by atoms with van der Waals surface area (Å²) >= 11 is 0. The molecule has 2 aromatic carbocycles. The minimum absolute atomic E-state index is 0.0794. The van der Waals surface area contributed by atoms with Gasteiger partial charge in [-0.05, 0) is 49.1 Å². The van der Waals surface area contributed by atoms with Gasteiger partial charge in [-0.1, -0.05) is 30.3 Å². The standard InChI is InChI=1S/C24H23N3O2/c28-23-6-3-13-27(23)18-11-7-16(8-12-18)15-25-24(29)20-14-22(17-9-10-17)26-21-5-2-1-4-19(20)21/h1-2,4-5,7-8,11-12,14,17H,3,6,9-10,13,15H2,(H,25,29). The molecule has 146 valence electrons. The van der Waals surface area contributed by atoms with Crippen molar-refractivity contribution in [1.29, 1.82) is 0 Å². The molecule has 1 saturated carbocycles. The van der Waals surface area contributed by atoms with Crippen LogP contribution >= 0.6 is 0 Å². The Kier molecular flexibility index (Phi) is 4.51. The van der Waals surface area contributed by atoms with Crippen molar-refractivity contribution in [2.24, 2.45) is 0 Å². The fraction of sp³-hybridized carbons (Fsp3) is 0.292. The Morgan fingerprint density at radius 3 is 2.62 bits per heavy atom. The van der Waals surface area contributed by atoms with E-state index in [0.29, 0.717) is 24.4 Å². The van der Waals surface area contributed by atoms with Crippen molar-refractivity contribution in [3.05, 3.63) is 71.4 Å². The van der Waals surface area contributed by atoms with Gasteiger partial charge in [0.1, 0.15) is 0 Å². The van der Waals surface area contributed by atoms with Gasteiger partial charge < -0.3 is 10.2 Å². The van der Waals surface area contributed by atoms with Crippen LogP contribution in [0.1, 0.15) is 53.2 Å². The van der Waals surface area contributed by atoms with Crippen molar-refractivity contribution < 1.29 is 9.59 Å². The van der Waals surface area contributed by atoms with Crippen LogP contribution in [0.4, 0.5) is 5.69 Å². The fourth-order valence-corrected chi connectivity index (χ4v) is 3.96. The van der Waals surface area contributed by atoms with Crippen LogP contribution in [0.2, 0.25) is 0 Å². The van der Waals surface area contributed by atoms with Gasteiger partial charge in [0, 0.05) is 42.2 Å². The number of anilines is 1. The molecule has 0 bridgehead atoms. The molecule has 0 unspecified atom stereocenters. The molecule has 5 heteroatoms. The maximum Gasteiger partial charge on any atom is 0.252 e. The van der Waals surface area contributed by atoms with E-state index in [2.05, 4.69) is 5.32 Å². The zero-order chi connectivity index (χ0) is 19.8. The topological polar surface area (TPSA) is 62.3 Å². The van der Waals surface area contributed by atoms with Gasteiger partial charge in [0.15, 0.2) is 0 Å².